The van der Waals surface area contributed by atoms with E-state index in [1.54, 1.807) is 13.2 Å². The van der Waals surface area contributed by atoms with Crippen LogP contribution in [0.2, 0.25) is 0 Å². The minimum absolute atomic E-state index is 0.0621. The number of ether oxygens (including phenoxy) is 1. The van der Waals surface area contributed by atoms with Crippen molar-refractivity contribution in [1.29, 1.82) is 0 Å². The molecule has 0 fully saturated rings. The van der Waals surface area contributed by atoms with Crippen molar-refractivity contribution in [2.45, 2.75) is 110 Å². The molecule has 0 aliphatic carbocycles. The number of carbonyl (C=O) groups is 2. The van der Waals surface area contributed by atoms with Crippen LogP contribution in [0.3, 0.4) is 0 Å². The summed E-state index contributed by atoms with van der Waals surface area (Å²) in [6.45, 7) is 4.21. The van der Waals surface area contributed by atoms with Crippen LogP contribution in [0.25, 0.3) is 0 Å². The SMILES string of the molecule is CCCCCCCCCCCCCCCC(=O)NC1=NN(c2ccc(C)c(OC)c2)C(=O)C1. The van der Waals surface area contributed by atoms with E-state index < -0.39 is 0 Å². The van der Waals surface area contributed by atoms with Crippen molar-refractivity contribution in [1.82, 2.24) is 5.32 Å². The fourth-order valence-corrected chi connectivity index (χ4v) is 4.17. The Labute approximate surface area is 200 Å². The molecular weight excluding hydrogens is 414 g/mol. The molecule has 1 heterocycles. The number of anilines is 1. The average Bonchev–Trinajstić information content (AvgIpc) is 3.17. The van der Waals surface area contributed by atoms with Gasteiger partial charge in [0.2, 0.25) is 5.91 Å². The lowest BCUT2D eigenvalue weighted by Gasteiger charge is -2.13. The third-order valence-electron chi connectivity index (χ3n) is 6.20. The summed E-state index contributed by atoms with van der Waals surface area (Å²) in [6, 6.07) is 5.51. The summed E-state index contributed by atoms with van der Waals surface area (Å²) < 4.78 is 5.33. The van der Waals surface area contributed by atoms with E-state index in [0.717, 1.165) is 18.4 Å². The zero-order valence-corrected chi connectivity index (χ0v) is 21.0. The molecule has 0 aromatic heterocycles. The zero-order chi connectivity index (χ0) is 23.9. The minimum atomic E-state index is -0.155. The monoisotopic (exact) mass is 457 g/mol. The van der Waals surface area contributed by atoms with Gasteiger partial charge in [0, 0.05) is 12.5 Å². The van der Waals surface area contributed by atoms with Gasteiger partial charge in [-0.25, -0.2) is 0 Å². The highest BCUT2D eigenvalue weighted by atomic mass is 16.5. The van der Waals surface area contributed by atoms with Crippen LogP contribution in [0, 0.1) is 6.92 Å². The Balaban J connectivity index is 1.56. The maximum Gasteiger partial charge on any atom is 0.255 e. The number of carbonyl (C=O) groups excluding carboxylic acids is 2. The molecule has 2 amide bonds. The lowest BCUT2D eigenvalue weighted by Crippen LogP contribution is -2.29. The van der Waals surface area contributed by atoms with Gasteiger partial charge in [-0.2, -0.15) is 10.1 Å². The van der Waals surface area contributed by atoms with Crippen molar-refractivity contribution in [3.8, 4) is 5.75 Å². The first-order chi connectivity index (χ1) is 16.0. The van der Waals surface area contributed by atoms with Crippen LogP contribution >= 0.6 is 0 Å². The Bertz CT molecular complexity index is 776. The van der Waals surface area contributed by atoms with Crippen molar-refractivity contribution in [3.05, 3.63) is 23.8 Å². The van der Waals surface area contributed by atoms with Crippen molar-refractivity contribution in [2.24, 2.45) is 5.10 Å². The number of nitrogens with zero attached hydrogens (tertiary/aromatic N) is 2. The summed E-state index contributed by atoms with van der Waals surface area (Å²) in [5.41, 5.74) is 1.63. The normalized spacial score (nSPS) is 13.4. The van der Waals surface area contributed by atoms with Crippen molar-refractivity contribution >= 4 is 23.3 Å². The molecule has 0 radical (unpaired) electrons. The van der Waals surface area contributed by atoms with E-state index in [0.29, 0.717) is 23.7 Å². The number of nitrogens with one attached hydrogen (secondary N) is 1. The topological polar surface area (TPSA) is 71.0 Å². The third-order valence-corrected chi connectivity index (χ3v) is 6.20. The van der Waals surface area contributed by atoms with Gasteiger partial charge in [-0.15, -0.1) is 0 Å². The number of hydrazone groups is 1. The lowest BCUT2D eigenvalue weighted by atomic mass is 10.0. The Morgan fingerprint density at radius 2 is 1.55 bits per heavy atom. The van der Waals surface area contributed by atoms with E-state index in [-0.39, 0.29) is 18.2 Å². The number of rotatable bonds is 16. The second kappa shape index (κ2) is 15.5. The molecule has 1 aromatic rings. The standard InChI is InChI=1S/C27H43N3O3/c1-4-5-6-7-8-9-10-11-12-13-14-15-16-17-26(31)28-25-21-27(32)30(29-25)23-19-18-22(2)24(20-23)33-3/h18-20H,4-17,21H2,1-3H3,(H,28,29,31). The zero-order valence-electron chi connectivity index (χ0n) is 21.0. The summed E-state index contributed by atoms with van der Waals surface area (Å²) in [5.74, 6) is 0.903. The predicted octanol–water partition coefficient (Wildman–Crippen LogP) is 6.65. The summed E-state index contributed by atoms with van der Waals surface area (Å²) in [6.07, 6.45) is 17.3. The Hall–Kier alpha value is -2.37. The van der Waals surface area contributed by atoms with Crippen molar-refractivity contribution in [2.75, 3.05) is 12.1 Å². The number of benzene rings is 1. The molecular formula is C27H43N3O3. The first-order valence-electron chi connectivity index (χ1n) is 12.9. The van der Waals surface area contributed by atoms with Crippen LogP contribution in [-0.2, 0) is 9.59 Å². The highest BCUT2D eigenvalue weighted by molar-refractivity contribution is 6.15. The quantitative estimate of drug-likeness (QED) is 0.282. The molecule has 0 unspecified atom stereocenters. The molecule has 6 nitrogen and oxygen atoms in total. The summed E-state index contributed by atoms with van der Waals surface area (Å²) in [4.78, 5) is 24.6. The fourth-order valence-electron chi connectivity index (χ4n) is 4.17. The van der Waals surface area contributed by atoms with Crippen LogP contribution in [0.15, 0.2) is 23.3 Å². The number of amides is 2. The number of methoxy groups -OCH3 is 1. The molecule has 0 saturated carbocycles. The molecule has 1 N–H and O–H groups in total. The Morgan fingerprint density at radius 3 is 2.12 bits per heavy atom. The van der Waals surface area contributed by atoms with Gasteiger partial charge in [0.1, 0.15) is 11.6 Å². The Kier molecular flexibility index (Phi) is 12.6. The van der Waals surface area contributed by atoms with E-state index in [4.69, 9.17) is 4.74 Å². The summed E-state index contributed by atoms with van der Waals surface area (Å²) >= 11 is 0. The van der Waals surface area contributed by atoms with E-state index in [2.05, 4.69) is 17.3 Å². The van der Waals surface area contributed by atoms with Gasteiger partial charge < -0.3 is 10.1 Å². The predicted molar refractivity (Wildman–Crippen MR) is 136 cm³/mol. The number of hydrogen-bond donors (Lipinski definition) is 1. The van der Waals surface area contributed by atoms with Gasteiger partial charge in [0.05, 0.1) is 19.2 Å². The molecule has 0 spiro atoms. The van der Waals surface area contributed by atoms with Crippen molar-refractivity contribution < 1.29 is 14.3 Å². The minimum Gasteiger partial charge on any atom is -0.496 e. The van der Waals surface area contributed by atoms with Crippen LogP contribution < -0.4 is 15.1 Å². The van der Waals surface area contributed by atoms with E-state index in [1.807, 2.05) is 19.1 Å². The van der Waals surface area contributed by atoms with Gasteiger partial charge in [-0.3, -0.25) is 9.59 Å². The highest BCUT2D eigenvalue weighted by Crippen LogP contribution is 2.27. The molecule has 1 aliphatic rings. The van der Waals surface area contributed by atoms with Crippen molar-refractivity contribution in [3.63, 3.8) is 0 Å². The summed E-state index contributed by atoms with van der Waals surface area (Å²) in [5, 5.41) is 8.46. The molecule has 6 heteroatoms. The van der Waals surface area contributed by atoms with E-state index in [9.17, 15) is 9.59 Å². The third kappa shape index (κ3) is 9.97. The summed E-state index contributed by atoms with van der Waals surface area (Å²) in [7, 11) is 1.60. The van der Waals surface area contributed by atoms with Crippen LogP contribution in [0.1, 0.15) is 109 Å². The van der Waals surface area contributed by atoms with Crippen LogP contribution in [-0.4, -0.2) is 24.8 Å². The maximum absolute atomic E-state index is 12.4. The number of amidine groups is 1. The molecule has 184 valence electrons. The molecule has 33 heavy (non-hydrogen) atoms. The van der Waals surface area contributed by atoms with Gasteiger partial charge in [-0.05, 0) is 25.0 Å². The molecule has 1 aliphatic heterocycles. The second-order valence-electron chi connectivity index (χ2n) is 9.12. The van der Waals surface area contributed by atoms with E-state index >= 15 is 0 Å². The van der Waals surface area contributed by atoms with Crippen LogP contribution in [0.5, 0.6) is 5.75 Å². The van der Waals surface area contributed by atoms with Gasteiger partial charge in [0.25, 0.3) is 5.91 Å². The van der Waals surface area contributed by atoms with Crippen LogP contribution in [0.4, 0.5) is 5.69 Å². The Morgan fingerprint density at radius 1 is 0.970 bits per heavy atom. The first kappa shape index (κ1) is 26.9. The maximum atomic E-state index is 12.4. The molecule has 0 bridgehead atoms. The molecule has 0 saturated heterocycles. The second-order valence-corrected chi connectivity index (χ2v) is 9.12. The van der Waals surface area contributed by atoms with E-state index in [1.165, 1.54) is 75.6 Å². The number of hydrogen-bond acceptors (Lipinski definition) is 4. The van der Waals surface area contributed by atoms with Gasteiger partial charge >= 0.3 is 0 Å². The number of unbranched alkanes of at least 4 members (excludes halogenated alkanes) is 12. The fraction of sp³-hybridized carbons (Fsp3) is 0.667. The van der Waals surface area contributed by atoms with Gasteiger partial charge in [-0.1, -0.05) is 90.0 Å². The average molecular weight is 458 g/mol. The number of aryl methyl sites for hydroxylation is 1. The molecule has 2 rings (SSSR count). The van der Waals surface area contributed by atoms with Gasteiger partial charge in [0.15, 0.2) is 0 Å². The highest BCUT2D eigenvalue weighted by Gasteiger charge is 2.26. The molecule has 0 atom stereocenters. The smallest absolute Gasteiger partial charge is 0.255 e. The molecule has 1 aromatic carbocycles. The first-order valence-corrected chi connectivity index (χ1v) is 12.9. The largest absolute Gasteiger partial charge is 0.496 e. The lowest BCUT2D eigenvalue weighted by molar-refractivity contribution is -0.119.